The molecule has 0 rings (SSSR count). The summed E-state index contributed by atoms with van der Waals surface area (Å²) in [6.07, 6.45) is 11.5. The minimum atomic E-state index is 0.285. The fraction of sp³-hybridized carbons (Fsp3) is 1.00. The summed E-state index contributed by atoms with van der Waals surface area (Å²) in [5.74, 6) is 10.5. The average Bonchev–Trinajstić information content (AvgIpc) is 2.68. The van der Waals surface area contributed by atoms with Crippen LogP contribution in [0.15, 0.2) is 0 Å². The third kappa shape index (κ3) is 27.3. The van der Waals surface area contributed by atoms with Crippen LogP contribution in [0, 0.1) is 0 Å². The van der Waals surface area contributed by atoms with Crippen LogP contribution in [-0.4, -0.2) is 71.0 Å². The molecule has 0 fully saturated rings. The van der Waals surface area contributed by atoms with Crippen molar-refractivity contribution in [3.05, 3.63) is 0 Å². The smallest absolute Gasteiger partial charge is 0.0556 e. The van der Waals surface area contributed by atoms with E-state index < -0.39 is 0 Å². The molecule has 0 amide bonds. The van der Waals surface area contributed by atoms with E-state index >= 15 is 0 Å². The van der Waals surface area contributed by atoms with Crippen molar-refractivity contribution in [3.8, 4) is 0 Å². The highest BCUT2D eigenvalue weighted by Gasteiger charge is 1.96. The van der Waals surface area contributed by atoms with Crippen LogP contribution >= 0.6 is 47.0 Å². The summed E-state index contributed by atoms with van der Waals surface area (Å²) in [6, 6.07) is 0. The monoisotopic (exact) mass is 456 g/mol. The predicted molar refractivity (Wildman–Crippen MR) is 134 cm³/mol. The Morgan fingerprint density at radius 2 is 0.963 bits per heavy atom. The van der Waals surface area contributed by atoms with E-state index in [4.69, 9.17) is 9.84 Å². The Bertz CT molecular complexity index is 234. The number of aliphatic hydroxyl groups excluding tert-OH is 1. The van der Waals surface area contributed by atoms with E-state index in [1.54, 1.807) is 0 Å². The maximum Gasteiger partial charge on any atom is 0.0556 e. The van der Waals surface area contributed by atoms with Gasteiger partial charge in [-0.25, -0.2) is 0 Å². The lowest BCUT2D eigenvalue weighted by Gasteiger charge is -2.05. The Kier molecular flexibility index (Phi) is 28.7. The summed E-state index contributed by atoms with van der Waals surface area (Å²) >= 11 is 8.44. The quantitative estimate of drug-likeness (QED) is 0.168. The zero-order chi connectivity index (χ0) is 19.7. The van der Waals surface area contributed by atoms with Crippen LogP contribution in [0.3, 0.4) is 0 Å². The van der Waals surface area contributed by atoms with Crippen molar-refractivity contribution in [1.82, 2.24) is 0 Å². The van der Waals surface area contributed by atoms with Crippen molar-refractivity contribution in [2.45, 2.75) is 64.7 Å². The highest BCUT2D eigenvalue weighted by molar-refractivity contribution is 8.00. The van der Waals surface area contributed by atoms with Gasteiger partial charge in [-0.05, 0) is 98.1 Å². The third-order valence-electron chi connectivity index (χ3n) is 3.90. The van der Waals surface area contributed by atoms with E-state index in [9.17, 15) is 0 Å². The van der Waals surface area contributed by atoms with E-state index in [-0.39, 0.29) is 6.61 Å². The lowest BCUT2D eigenvalue weighted by atomic mass is 10.3. The molecule has 164 valence electrons. The molecule has 0 aromatic carbocycles. The van der Waals surface area contributed by atoms with Gasteiger partial charge in [-0.2, -0.15) is 47.0 Å². The van der Waals surface area contributed by atoms with E-state index in [0.717, 1.165) is 31.8 Å². The molecule has 0 aliphatic carbocycles. The Morgan fingerprint density at radius 3 is 1.41 bits per heavy atom. The van der Waals surface area contributed by atoms with Gasteiger partial charge in [0.2, 0.25) is 0 Å². The molecular formula is C21H44O2S4. The first-order chi connectivity index (χ1) is 13.4. The van der Waals surface area contributed by atoms with Crippen LogP contribution in [0.25, 0.3) is 0 Å². The van der Waals surface area contributed by atoms with Gasteiger partial charge in [0.1, 0.15) is 0 Å². The number of ether oxygens (including phenoxy) is 1. The van der Waals surface area contributed by atoms with Crippen molar-refractivity contribution in [2.75, 3.05) is 65.8 Å². The molecule has 0 saturated carbocycles. The summed E-state index contributed by atoms with van der Waals surface area (Å²) in [5.41, 5.74) is 0. The highest BCUT2D eigenvalue weighted by Crippen LogP contribution is 2.14. The molecule has 0 saturated heterocycles. The minimum Gasteiger partial charge on any atom is -0.396 e. The molecule has 6 heteroatoms. The summed E-state index contributed by atoms with van der Waals surface area (Å²) in [5, 5.41) is 8.68. The van der Waals surface area contributed by atoms with Crippen LogP contribution in [0.1, 0.15) is 64.7 Å². The third-order valence-corrected chi connectivity index (χ3v) is 8.52. The van der Waals surface area contributed by atoms with Gasteiger partial charge >= 0.3 is 0 Å². The fourth-order valence-electron chi connectivity index (χ4n) is 2.31. The molecular weight excluding hydrogens is 412 g/mol. The lowest BCUT2D eigenvalue weighted by Crippen LogP contribution is -2.00. The molecule has 2 nitrogen and oxygen atoms in total. The summed E-state index contributed by atoms with van der Waals surface area (Å²) < 4.78 is 5.53. The maximum absolute atomic E-state index is 8.68. The molecule has 0 bridgehead atoms. The normalized spacial score (nSPS) is 11.3. The SMILES string of the molecule is CCCSCCCCSCCCCSCCCCSCCOCCCCO. The van der Waals surface area contributed by atoms with Gasteiger partial charge in [0, 0.05) is 19.0 Å². The molecule has 0 aromatic heterocycles. The summed E-state index contributed by atoms with van der Waals surface area (Å²) in [6.45, 7) is 4.21. The first-order valence-corrected chi connectivity index (χ1v) is 15.5. The van der Waals surface area contributed by atoms with Crippen LogP contribution in [0.4, 0.5) is 0 Å². The number of unbranched alkanes of at least 4 members (excludes halogenated alkanes) is 4. The van der Waals surface area contributed by atoms with Gasteiger partial charge in [-0.15, -0.1) is 0 Å². The van der Waals surface area contributed by atoms with Crippen molar-refractivity contribution >= 4 is 47.0 Å². The Morgan fingerprint density at radius 1 is 0.519 bits per heavy atom. The minimum absolute atomic E-state index is 0.285. The first-order valence-electron chi connectivity index (χ1n) is 10.9. The van der Waals surface area contributed by atoms with Crippen molar-refractivity contribution in [3.63, 3.8) is 0 Å². The molecule has 1 N–H and O–H groups in total. The van der Waals surface area contributed by atoms with Crippen molar-refractivity contribution < 1.29 is 9.84 Å². The van der Waals surface area contributed by atoms with Crippen molar-refractivity contribution in [1.29, 1.82) is 0 Å². The van der Waals surface area contributed by atoms with E-state index in [2.05, 4.69) is 42.2 Å². The number of thioether (sulfide) groups is 4. The molecule has 0 unspecified atom stereocenters. The van der Waals surface area contributed by atoms with E-state index in [1.807, 2.05) is 11.8 Å². The van der Waals surface area contributed by atoms with E-state index in [0.29, 0.717) is 0 Å². The number of hydrogen-bond acceptors (Lipinski definition) is 6. The number of rotatable bonds is 24. The molecule has 0 atom stereocenters. The second kappa shape index (κ2) is 27.3. The number of aliphatic hydroxyl groups is 1. The van der Waals surface area contributed by atoms with Gasteiger partial charge in [-0.1, -0.05) is 6.92 Å². The molecule has 27 heavy (non-hydrogen) atoms. The van der Waals surface area contributed by atoms with Crippen LogP contribution in [0.2, 0.25) is 0 Å². The Hall–Kier alpha value is 1.32. The van der Waals surface area contributed by atoms with E-state index in [1.165, 1.54) is 85.2 Å². The van der Waals surface area contributed by atoms with Gasteiger partial charge < -0.3 is 9.84 Å². The molecule has 0 spiro atoms. The molecule has 0 aromatic rings. The lowest BCUT2D eigenvalue weighted by molar-refractivity contribution is 0.139. The van der Waals surface area contributed by atoms with Crippen LogP contribution in [0.5, 0.6) is 0 Å². The van der Waals surface area contributed by atoms with Crippen molar-refractivity contribution in [2.24, 2.45) is 0 Å². The highest BCUT2D eigenvalue weighted by atomic mass is 32.2. The largest absolute Gasteiger partial charge is 0.396 e. The zero-order valence-electron chi connectivity index (χ0n) is 17.6. The zero-order valence-corrected chi connectivity index (χ0v) is 20.9. The van der Waals surface area contributed by atoms with Gasteiger partial charge in [-0.3, -0.25) is 0 Å². The van der Waals surface area contributed by atoms with Gasteiger partial charge in [0.15, 0.2) is 0 Å². The second-order valence-electron chi connectivity index (χ2n) is 6.61. The van der Waals surface area contributed by atoms with Crippen LogP contribution in [-0.2, 0) is 4.74 Å². The van der Waals surface area contributed by atoms with Gasteiger partial charge in [0.05, 0.1) is 6.61 Å². The standard InChI is InChI=1S/C21H44O2S4/c1-2-14-24-15-5-6-16-25-17-7-8-18-26-19-9-10-20-27-21-13-23-12-4-3-11-22/h22H,2-21H2,1H3. The molecule has 0 aliphatic heterocycles. The predicted octanol–water partition coefficient (Wildman–Crippen LogP) is 6.46. The topological polar surface area (TPSA) is 29.5 Å². The molecule has 0 radical (unpaired) electrons. The number of hydrogen-bond donors (Lipinski definition) is 1. The van der Waals surface area contributed by atoms with Crippen LogP contribution < -0.4 is 0 Å². The maximum atomic E-state index is 8.68. The second-order valence-corrected chi connectivity index (χ2v) is 11.5. The summed E-state index contributed by atoms with van der Waals surface area (Å²) in [4.78, 5) is 0. The average molecular weight is 457 g/mol. The molecule has 0 heterocycles. The summed E-state index contributed by atoms with van der Waals surface area (Å²) in [7, 11) is 0. The fourth-order valence-corrected chi connectivity index (χ4v) is 6.10. The Balaban J connectivity index is 2.95. The first kappa shape index (κ1) is 28.3. The molecule has 0 aliphatic rings. The van der Waals surface area contributed by atoms with Gasteiger partial charge in [0.25, 0.3) is 0 Å². The Labute approximate surface area is 186 Å².